The Hall–Kier alpha value is 0.300. The van der Waals surface area contributed by atoms with Gasteiger partial charge in [-0.2, -0.15) is 0 Å². The number of ketones is 1. The number of carbonyl (C=O) groups excluding carboxylic acids is 1. The molecular weight excluding hydrogens is 355 g/mol. The lowest BCUT2D eigenvalue weighted by Crippen LogP contribution is -2.30. The summed E-state index contributed by atoms with van der Waals surface area (Å²) in [4.78, 5) is 13.3. The van der Waals surface area contributed by atoms with Gasteiger partial charge in [0.2, 0.25) is 0 Å². The van der Waals surface area contributed by atoms with E-state index in [1.165, 1.54) is 11.8 Å². The first kappa shape index (κ1) is 16.4. The number of benzene rings is 1. The molecule has 0 heterocycles. The van der Waals surface area contributed by atoms with Crippen molar-refractivity contribution in [2.45, 2.75) is 29.3 Å². The SMILES string of the molecule is CC(C)(CCCl)C(=O)C(Br)Sc1ccc(Cl)cc1. The summed E-state index contributed by atoms with van der Waals surface area (Å²) in [6, 6.07) is 7.45. The van der Waals surface area contributed by atoms with E-state index in [-0.39, 0.29) is 9.94 Å². The second-order valence-corrected chi connectivity index (χ2v) is 8.09. The molecule has 1 unspecified atom stereocenters. The van der Waals surface area contributed by atoms with Crippen molar-refractivity contribution >= 4 is 56.7 Å². The van der Waals surface area contributed by atoms with Crippen LogP contribution in [0.3, 0.4) is 0 Å². The van der Waals surface area contributed by atoms with Gasteiger partial charge in [0.05, 0.1) is 0 Å². The fraction of sp³-hybridized carbons (Fsp3) is 0.462. The van der Waals surface area contributed by atoms with Crippen LogP contribution in [0, 0.1) is 5.41 Å². The Morgan fingerprint density at radius 3 is 2.44 bits per heavy atom. The van der Waals surface area contributed by atoms with Crippen molar-refractivity contribution in [2.75, 3.05) is 5.88 Å². The predicted molar refractivity (Wildman–Crippen MR) is 84.1 cm³/mol. The molecule has 1 nitrogen and oxygen atoms in total. The van der Waals surface area contributed by atoms with Gasteiger partial charge < -0.3 is 0 Å². The van der Waals surface area contributed by atoms with Gasteiger partial charge in [0.15, 0.2) is 5.78 Å². The lowest BCUT2D eigenvalue weighted by atomic mass is 9.86. The fourth-order valence-electron chi connectivity index (χ4n) is 1.35. The second kappa shape index (κ2) is 7.18. The maximum atomic E-state index is 12.3. The zero-order valence-corrected chi connectivity index (χ0v) is 14.2. The third-order valence-electron chi connectivity index (χ3n) is 2.65. The summed E-state index contributed by atoms with van der Waals surface area (Å²) in [6.07, 6.45) is 0.677. The van der Waals surface area contributed by atoms with Crippen molar-refractivity contribution in [2.24, 2.45) is 5.41 Å². The molecule has 0 aliphatic rings. The molecule has 100 valence electrons. The smallest absolute Gasteiger partial charge is 0.162 e. The van der Waals surface area contributed by atoms with Gasteiger partial charge in [-0.05, 0) is 30.7 Å². The first-order valence-electron chi connectivity index (χ1n) is 5.53. The standard InChI is InChI=1S/C13H15BrCl2OS/c1-13(2,7-8-15)11(17)12(14)18-10-5-3-9(16)4-6-10/h3-6,12H,7-8H2,1-2H3. The summed E-state index contributed by atoms with van der Waals surface area (Å²) in [6.45, 7) is 3.85. The molecule has 0 saturated heterocycles. The van der Waals surface area contributed by atoms with Crippen molar-refractivity contribution in [3.05, 3.63) is 29.3 Å². The van der Waals surface area contributed by atoms with E-state index in [2.05, 4.69) is 15.9 Å². The average Bonchev–Trinajstić information content (AvgIpc) is 2.31. The Morgan fingerprint density at radius 2 is 1.94 bits per heavy atom. The van der Waals surface area contributed by atoms with Gasteiger partial charge in [0.1, 0.15) is 4.16 Å². The summed E-state index contributed by atoms with van der Waals surface area (Å²) in [5.41, 5.74) is -0.407. The first-order valence-corrected chi connectivity index (χ1v) is 8.24. The Bertz CT molecular complexity index is 406. The van der Waals surface area contributed by atoms with Crippen molar-refractivity contribution < 1.29 is 4.79 Å². The molecule has 0 radical (unpaired) electrons. The fourth-order valence-corrected chi connectivity index (χ4v) is 4.18. The van der Waals surface area contributed by atoms with Crippen LogP contribution in [0.2, 0.25) is 5.02 Å². The minimum atomic E-state index is -0.407. The predicted octanol–water partition coefficient (Wildman–Crippen LogP) is 5.38. The van der Waals surface area contributed by atoms with Crippen LogP contribution in [0.25, 0.3) is 0 Å². The normalized spacial score (nSPS) is 13.4. The lowest BCUT2D eigenvalue weighted by molar-refractivity contribution is -0.125. The van der Waals surface area contributed by atoms with Gasteiger partial charge >= 0.3 is 0 Å². The van der Waals surface area contributed by atoms with Crippen LogP contribution in [0.15, 0.2) is 29.2 Å². The zero-order chi connectivity index (χ0) is 13.8. The van der Waals surface area contributed by atoms with Crippen LogP contribution >= 0.6 is 50.9 Å². The first-order chi connectivity index (χ1) is 8.36. The number of hydrogen-bond donors (Lipinski definition) is 0. The van der Waals surface area contributed by atoms with E-state index in [0.29, 0.717) is 17.3 Å². The van der Waals surface area contributed by atoms with Crippen LogP contribution in [0.1, 0.15) is 20.3 Å². The minimum absolute atomic E-state index is 0.156. The highest BCUT2D eigenvalue weighted by molar-refractivity contribution is 9.11. The number of alkyl halides is 2. The van der Waals surface area contributed by atoms with E-state index in [9.17, 15) is 4.79 Å². The molecule has 5 heteroatoms. The highest BCUT2D eigenvalue weighted by Gasteiger charge is 2.32. The van der Waals surface area contributed by atoms with Gasteiger partial charge in [0.25, 0.3) is 0 Å². The molecule has 0 amide bonds. The van der Waals surface area contributed by atoms with E-state index >= 15 is 0 Å². The molecule has 1 aromatic carbocycles. The van der Waals surface area contributed by atoms with E-state index in [4.69, 9.17) is 23.2 Å². The van der Waals surface area contributed by atoms with Crippen LogP contribution in [-0.4, -0.2) is 15.8 Å². The summed E-state index contributed by atoms with van der Waals surface area (Å²) in [7, 11) is 0. The monoisotopic (exact) mass is 368 g/mol. The van der Waals surface area contributed by atoms with E-state index in [1.807, 2.05) is 38.1 Å². The number of Topliss-reactive ketones (excluding diaryl/α,β-unsaturated/α-hetero) is 1. The molecule has 0 aromatic heterocycles. The van der Waals surface area contributed by atoms with Crippen LogP contribution in [-0.2, 0) is 4.79 Å². The number of hydrogen-bond acceptors (Lipinski definition) is 2. The number of rotatable bonds is 6. The number of carbonyl (C=O) groups is 1. The van der Waals surface area contributed by atoms with E-state index in [1.54, 1.807) is 0 Å². The van der Waals surface area contributed by atoms with Gasteiger partial charge in [-0.1, -0.05) is 41.4 Å². The lowest BCUT2D eigenvalue weighted by Gasteiger charge is -2.24. The van der Waals surface area contributed by atoms with Gasteiger partial charge in [-0.3, -0.25) is 4.79 Å². The van der Waals surface area contributed by atoms with Crippen molar-refractivity contribution in [3.63, 3.8) is 0 Å². The molecule has 0 aliphatic heterocycles. The topological polar surface area (TPSA) is 17.1 Å². The maximum Gasteiger partial charge on any atom is 0.162 e. The average molecular weight is 370 g/mol. The van der Waals surface area contributed by atoms with Crippen molar-refractivity contribution in [1.29, 1.82) is 0 Å². The van der Waals surface area contributed by atoms with Crippen LogP contribution in [0.5, 0.6) is 0 Å². The second-order valence-electron chi connectivity index (χ2n) is 4.57. The minimum Gasteiger partial charge on any atom is -0.297 e. The van der Waals surface area contributed by atoms with Crippen LogP contribution < -0.4 is 0 Å². The number of thioether (sulfide) groups is 1. The Kier molecular flexibility index (Phi) is 6.52. The maximum absolute atomic E-state index is 12.3. The zero-order valence-electron chi connectivity index (χ0n) is 10.3. The quantitative estimate of drug-likeness (QED) is 0.494. The molecule has 0 spiro atoms. The molecule has 0 bridgehead atoms. The molecule has 1 rings (SSSR count). The summed E-state index contributed by atoms with van der Waals surface area (Å²) < 4.78 is -0.267. The summed E-state index contributed by atoms with van der Waals surface area (Å²) >= 11 is 16.5. The van der Waals surface area contributed by atoms with Crippen molar-refractivity contribution in [3.8, 4) is 0 Å². The Morgan fingerprint density at radius 1 is 1.39 bits per heavy atom. The van der Waals surface area contributed by atoms with Crippen LogP contribution in [0.4, 0.5) is 0 Å². The highest BCUT2D eigenvalue weighted by atomic mass is 79.9. The molecule has 0 saturated carbocycles. The third-order valence-corrected chi connectivity index (χ3v) is 5.03. The molecule has 1 atom stereocenters. The molecule has 0 N–H and O–H groups in total. The molecule has 1 aromatic rings. The molecular formula is C13H15BrCl2OS. The molecule has 18 heavy (non-hydrogen) atoms. The molecule has 0 fully saturated rings. The number of halogens is 3. The van der Waals surface area contributed by atoms with Gasteiger partial charge in [0, 0.05) is 21.2 Å². The third kappa shape index (κ3) is 4.76. The van der Waals surface area contributed by atoms with E-state index < -0.39 is 5.41 Å². The Balaban J connectivity index is 2.67. The molecule has 0 aliphatic carbocycles. The Labute approximate surface area is 131 Å². The largest absolute Gasteiger partial charge is 0.297 e. The van der Waals surface area contributed by atoms with Crippen molar-refractivity contribution in [1.82, 2.24) is 0 Å². The van der Waals surface area contributed by atoms with Gasteiger partial charge in [-0.25, -0.2) is 0 Å². The highest BCUT2D eigenvalue weighted by Crippen LogP contribution is 2.35. The summed E-state index contributed by atoms with van der Waals surface area (Å²) in [5.74, 6) is 0.646. The summed E-state index contributed by atoms with van der Waals surface area (Å²) in [5, 5.41) is 0.694. The van der Waals surface area contributed by atoms with Gasteiger partial charge in [-0.15, -0.1) is 23.4 Å². The van der Waals surface area contributed by atoms with E-state index in [0.717, 1.165) is 4.90 Å².